The molecule has 2 aromatic carbocycles. The van der Waals surface area contributed by atoms with E-state index in [-0.39, 0.29) is 23.6 Å². The summed E-state index contributed by atoms with van der Waals surface area (Å²) < 4.78 is 57.0. The first-order chi connectivity index (χ1) is 16.8. The predicted molar refractivity (Wildman–Crippen MR) is 120 cm³/mol. The molecule has 0 aliphatic carbocycles. The van der Waals surface area contributed by atoms with Crippen LogP contribution in [-0.4, -0.2) is 31.6 Å². The third-order valence-electron chi connectivity index (χ3n) is 5.83. The summed E-state index contributed by atoms with van der Waals surface area (Å²) >= 11 is 0. The monoisotopic (exact) mass is 484 g/mol. The number of amides is 1. The van der Waals surface area contributed by atoms with Crippen LogP contribution in [0.5, 0.6) is 0 Å². The van der Waals surface area contributed by atoms with E-state index in [1.54, 1.807) is 53.3 Å². The van der Waals surface area contributed by atoms with Gasteiger partial charge >= 0.3 is 6.18 Å². The first-order valence-corrected chi connectivity index (χ1v) is 10.8. The molecular weight excluding hydrogens is 464 g/mol. The lowest BCUT2D eigenvalue weighted by molar-refractivity contribution is -0.173. The molecule has 0 fully saturated rings. The molecule has 7 nitrogen and oxygen atoms in total. The lowest BCUT2D eigenvalue weighted by Gasteiger charge is -2.34. The molecule has 35 heavy (non-hydrogen) atoms. The van der Waals surface area contributed by atoms with E-state index >= 15 is 0 Å². The minimum Gasteiger partial charge on any atom is -0.363 e. The van der Waals surface area contributed by atoms with Crippen LogP contribution in [0, 0.1) is 5.82 Å². The van der Waals surface area contributed by atoms with E-state index in [1.807, 2.05) is 0 Å². The van der Waals surface area contributed by atoms with Crippen molar-refractivity contribution in [1.29, 1.82) is 0 Å². The number of halogens is 4. The van der Waals surface area contributed by atoms with Gasteiger partial charge in [0.25, 0.3) is 5.91 Å². The van der Waals surface area contributed by atoms with Crippen molar-refractivity contribution in [2.45, 2.75) is 31.2 Å². The van der Waals surface area contributed by atoms with Gasteiger partial charge in [-0.25, -0.2) is 9.07 Å². The van der Waals surface area contributed by atoms with E-state index in [2.05, 4.69) is 20.8 Å². The molecular formula is C24H20F4N6O. The number of carbonyl (C=O) groups excluding carboxylic acids is 1. The van der Waals surface area contributed by atoms with Crippen molar-refractivity contribution in [3.8, 4) is 0 Å². The summed E-state index contributed by atoms with van der Waals surface area (Å²) in [5.74, 6) is -0.957. The molecule has 2 N–H and O–H groups in total. The lowest BCUT2D eigenvalue weighted by atomic mass is 9.96. The first kappa shape index (κ1) is 22.6. The number of aromatic nitrogens is 4. The highest BCUT2D eigenvalue weighted by Crippen LogP contribution is 2.44. The minimum absolute atomic E-state index is 0.00336. The van der Waals surface area contributed by atoms with Gasteiger partial charge in [-0.05, 0) is 23.3 Å². The Morgan fingerprint density at radius 3 is 2.51 bits per heavy atom. The summed E-state index contributed by atoms with van der Waals surface area (Å²) in [5.41, 5.74) is 1.85. The van der Waals surface area contributed by atoms with Crippen LogP contribution in [-0.2, 0) is 6.54 Å². The van der Waals surface area contributed by atoms with Crippen LogP contribution in [0.2, 0.25) is 0 Å². The van der Waals surface area contributed by atoms with Crippen LogP contribution >= 0.6 is 0 Å². The second kappa shape index (κ2) is 8.90. The van der Waals surface area contributed by atoms with E-state index < -0.39 is 24.2 Å². The Hall–Kier alpha value is -4.15. The van der Waals surface area contributed by atoms with E-state index in [0.29, 0.717) is 17.8 Å². The van der Waals surface area contributed by atoms with Crippen molar-refractivity contribution in [1.82, 2.24) is 19.6 Å². The van der Waals surface area contributed by atoms with Crippen molar-refractivity contribution < 1.29 is 22.4 Å². The number of nitrogens with zero attached hydrogens (tertiary/aromatic N) is 4. The average Bonchev–Trinajstić information content (AvgIpc) is 3.46. The highest BCUT2D eigenvalue weighted by Gasteiger charge is 2.47. The maximum atomic E-state index is 13.8. The van der Waals surface area contributed by atoms with Gasteiger partial charge in [0.2, 0.25) is 0 Å². The number of benzene rings is 2. The smallest absolute Gasteiger partial charge is 0.363 e. The normalized spacial score (nSPS) is 17.5. The molecule has 2 unspecified atom stereocenters. The van der Waals surface area contributed by atoms with Gasteiger partial charge in [0, 0.05) is 12.6 Å². The summed E-state index contributed by atoms with van der Waals surface area (Å²) in [7, 11) is 0. The van der Waals surface area contributed by atoms with E-state index in [1.165, 1.54) is 18.3 Å². The van der Waals surface area contributed by atoms with Gasteiger partial charge in [-0.1, -0.05) is 42.5 Å². The van der Waals surface area contributed by atoms with Crippen LogP contribution in [0.25, 0.3) is 0 Å². The van der Waals surface area contributed by atoms with Crippen molar-refractivity contribution in [3.05, 3.63) is 95.7 Å². The minimum atomic E-state index is -4.54. The van der Waals surface area contributed by atoms with Gasteiger partial charge in [-0.2, -0.15) is 23.4 Å². The number of hydrogen-bond acceptors (Lipinski definition) is 4. The summed E-state index contributed by atoms with van der Waals surface area (Å²) in [6, 6.07) is 12.2. The molecule has 1 aliphatic heterocycles. The molecule has 4 aromatic rings. The van der Waals surface area contributed by atoms with Gasteiger partial charge in [-0.15, -0.1) is 0 Å². The van der Waals surface area contributed by atoms with Crippen molar-refractivity contribution >= 4 is 17.4 Å². The van der Waals surface area contributed by atoms with Crippen molar-refractivity contribution in [2.75, 3.05) is 10.6 Å². The molecule has 0 radical (unpaired) electrons. The summed E-state index contributed by atoms with van der Waals surface area (Å²) in [5, 5.41) is 13.8. The standard InChI is InChI=1S/C24H20F4N6O/c25-17-8-6-15(7-9-17)13-33-14-18(11-29-33)31-23(35)19-12-30-34-21(24(26,27)28)10-20(32-22(19)34)16-4-2-1-3-5-16/h1-9,11-12,14,20-21,32H,10,13H2,(H,31,35). The maximum Gasteiger partial charge on any atom is 0.410 e. The molecule has 0 spiro atoms. The zero-order chi connectivity index (χ0) is 24.6. The average molecular weight is 484 g/mol. The second-order valence-corrected chi connectivity index (χ2v) is 8.26. The topological polar surface area (TPSA) is 76.8 Å². The third kappa shape index (κ3) is 4.75. The molecule has 1 aliphatic rings. The number of hydrogen-bond donors (Lipinski definition) is 2. The summed E-state index contributed by atoms with van der Waals surface area (Å²) in [6.45, 7) is 0.354. The Morgan fingerprint density at radius 2 is 1.80 bits per heavy atom. The largest absolute Gasteiger partial charge is 0.410 e. The quantitative estimate of drug-likeness (QED) is 0.383. The Labute approximate surface area is 197 Å². The lowest BCUT2D eigenvalue weighted by Crippen LogP contribution is -2.36. The first-order valence-electron chi connectivity index (χ1n) is 10.8. The fraction of sp³-hybridized carbons (Fsp3) is 0.208. The molecule has 11 heteroatoms. The molecule has 2 aromatic heterocycles. The zero-order valence-corrected chi connectivity index (χ0v) is 18.2. The Balaban J connectivity index is 1.37. The fourth-order valence-electron chi connectivity index (χ4n) is 4.12. The molecule has 0 saturated heterocycles. The van der Waals surface area contributed by atoms with Crippen molar-refractivity contribution in [2.24, 2.45) is 0 Å². The molecule has 0 bridgehead atoms. The van der Waals surface area contributed by atoms with Gasteiger partial charge in [-0.3, -0.25) is 9.48 Å². The van der Waals surface area contributed by atoms with Crippen LogP contribution in [0.15, 0.2) is 73.2 Å². The Bertz CT molecular complexity index is 1330. The number of carbonyl (C=O) groups is 1. The van der Waals surface area contributed by atoms with E-state index in [0.717, 1.165) is 16.4 Å². The highest BCUT2D eigenvalue weighted by atomic mass is 19.4. The maximum absolute atomic E-state index is 13.8. The van der Waals surface area contributed by atoms with Gasteiger partial charge in [0.15, 0.2) is 6.04 Å². The molecule has 2 atom stereocenters. The Kier molecular flexibility index (Phi) is 5.75. The van der Waals surface area contributed by atoms with Gasteiger partial charge in [0.05, 0.1) is 30.7 Å². The number of anilines is 2. The van der Waals surface area contributed by atoms with E-state index in [9.17, 15) is 22.4 Å². The summed E-state index contributed by atoms with van der Waals surface area (Å²) in [4.78, 5) is 13.0. The fourth-order valence-corrected chi connectivity index (χ4v) is 4.12. The van der Waals surface area contributed by atoms with Crippen LogP contribution in [0.3, 0.4) is 0 Å². The second-order valence-electron chi connectivity index (χ2n) is 8.26. The Morgan fingerprint density at radius 1 is 1.06 bits per heavy atom. The molecule has 180 valence electrons. The van der Waals surface area contributed by atoms with Crippen LogP contribution in [0.4, 0.5) is 29.1 Å². The van der Waals surface area contributed by atoms with Gasteiger partial charge < -0.3 is 10.6 Å². The highest BCUT2D eigenvalue weighted by molar-refractivity contribution is 6.07. The number of alkyl halides is 3. The molecule has 0 saturated carbocycles. The van der Waals surface area contributed by atoms with Crippen LogP contribution < -0.4 is 10.6 Å². The molecule has 1 amide bonds. The number of nitrogens with one attached hydrogen (secondary N) is 2. The zero-order valence-electron chi connectivity index (χ0n) is 18.2. The molecule has 3 heterocycles. The van der Waals surface area contributed by atoms with E-state index in [4.69, 9.17) is 0 Å². The number of fused-ring (bicyclic) bond motifs is 1. The SMILES string of the molecule is O=C(Nc1cnn(Cc2ccc(F)cc2)c1)c1cnn2c1NC(c1ccccc1)CC2C(F)(F)F. The number of rotatable bonds is 5. The molecule has 5 rings (SSSR count). The summed E-state index contributed by atoms with van der Waals surface area (Å²) in [6.07, 6.45) is -0.649. The van der Waals surface area contributed by atoms with Crippen molar-refractivity contribution in [3.63, 3.8) is 0 Å². The van der Waals surface area contributed by atoms with Crippen LogP contribution in [0.1, 0.15) is 40.0 Å². The third-order valence-corrected chi connectivity index (χ3v) is 5.83. The predicted octanol–water partition coefficient (Wildman–Crippen LogP) is 5.18. The van der Waals surface area contributed by atoms with Gasteiger partial charge in [0.1, 0.15) is 17.2 Å².